The van der Waals surface area contributed by atoms with Crippen LogP contribution in [0.1, 0.15) is 12.8 Å². The number of rotatable bonds is 5. The van der Waals surface area contributed by atoms with Gasteiger partial charge >= 0.3 is 0 Å². The standard InChI is InChI=1S/C24H26ClN3O3/c25-17-5-9-19(10-6-17)27-13-15-28(16-14-27)20-11-7-18(8-12-20)26-23(29)21-3-1-2-4-22(21)24(30)31/h1-2,5-12,21-22H,3-4,13-16H2,(H,26,29)(H,30,31)/p-1. The van der Waals surface area contributed by atoms with Gasteiger partial charge in [-0.05, 0) is 61.4 Å². The van der Waals surface area contributed by atoms with Gasteiger partial charge in [0.25, 0.3) is 0 Å². The summed E-state index contributed by atoms with van der Waals surface area (Å²) in [6.45, 7) is 3.63. The minimum absolute atomic E-state index is 0.275. The fourth-order valence-electron chi connectivity index (χ4n) is 4.23. The van der Waals surface area contributed by atoms with E-state index in [2.05, 4.69) is 15.1 Å². The number of carbonyl (C=O) groups is 2. The quantitative estimate of drug-likeness (QED) is 0.726. The zero-order chi connectivity index (χ0) is 21.8. The van der Waals surface area contributed by atoms with Crippen LogP contribution in [0.4, 0.5) is 17.1 Å². The van der Waals surface area contributed by atoms with Gasteiger partial charge in [0.2, 0.25) is 5.91 Å². The van der Waals surface area contributed by atoms with Crippen molar-refractivity contribution in [1.82, 2.24) is 0 Å². The molecule has 1 aliphatic heterocycles. The van der Waals surface area contributed by atoms with Crippen LogP contribution in [-0.4, -0.2) is 38.1 Å². The van der Waals surface area contributed by atoms with Gasteiger partial charge in [-0.2, -0.15) is 0 Å². The first-order chi connectivity index (χ1) is 15.0. The molecule has 2 atom stereocenters. The highest BCUT2D eigenvalue weighted by atomic mass is 35.5. The molecule has 162 valence electrons. The Hall–Kier alpha value is -2.99. The average molecular weight is 439 g/mol. The third-order valence-corrected chi connectivity index (χ3v) is 6.30. The molecule has 1 fully saturated rings. The molecule has 0 saturated carbocycles. The molecule has 2 aromatic carbocycles. The van der Waals surface area contributed by atoms with Crippen LogP contribution in [0.15, 0.2) is 60.7 Å². The van der Waals surface area contributed by atoms with E-state index < -0.39 is 17.8 Å². The summed E-state index contributed by atoms with van der Waals surface area (Å²) in [4.78, 5) is 28.6. The van der Waals surface area contributed by atoms with Crippen molar-refractivity contribution >= 4 is 40.5 Å². The Morgan fingerprint density at radius 3 is 1.81 bits per heavy atom. The molecule has 1 amide bonds. The fourth-order valence-corrected chi connectivity index (χ4v) is 4.36. The van der Waals surface area contributed by atoms with Gasteiger partial charge < -0.3 is 25.0 Å². The molecule has 0 aromatic heterocycles. The Kier molecular flexibility index (Phi) is 6.47. The molecule has 0 bridgehead atoms. The van der Waals surface area contributed by atoms with Gasteiger partial charge in [-0.1, -0.05) is 23.8 Å². The number of benzene rings is 2. The van der Waals surface area contributed by atoms with Crippen molar-refractivity contribution in [3.63, 3.8) is 0 Å². The Labute approximate surface area is 187 Å². The minimum Gasteiger partial charge on any atom is -0.550 e. The Bertz CT molecular complexity index is 951. The van der Waals surface area contributed by atoms with E-state index in [1.807, 2.05) is 54.6 Å². The van der Waals surface area contributed by atoms with Gasteiger partial charge in [0, 0.05) is 60.2 Å². The van der Waals surface area contributed by atoms with E-state index in [1.165, 1.54) is 5.69 Å². The maximum absolute atomic E-state index is 12.6. The molecule has 0 radical (unpaired) electrons. The van der Waals surface area contributed by atoms with Gasteiger partial charge in [-0.3, -0.25) is 4.79 Å². The summed E-state index contributed by atoms with van der Waals surface area (Å²) >= 11 is 5.98. The average Bonchev–Trinajstić information content (AvgIpc) is 2.80. The lowest BCUT2D eigenvalue weighted by molar-refractivity contribution is -0.313. The number of nitrogens with zero attached hydrogens (tertiary/aromatic N) is 2. The summed E-state index contributed by atoms with van der Waals surface area (Å²) < 4.78 is 0. The molecule has 2 aliphatic rings. The van der Waals surface area contributed by atoms with Crippen LogP contribution in [0.25, 0.3) is 0 Å². The van der Waals surface area contributed by atoms with Crippen molar-refractivity contribution < 1.29 is 14.7 Å². The first-order valence-electron chi connectivity index (χ1n) is 10.5. The summed E-state index contributed by atoms with van der Waals surface area (Å²) in [7, 11) is 0. The highest BCUT2D eigenvalue weighted by Crippen LogP contribution is 2.28. The summed E-state index contributed by atoms with van der Waals surface area (Å²) in [6, 6.07) is 15.6. The summed E-state index contributed by atoms with van der Waals surface area (Å²) in [5.41, 5.74) is 2.94. The summed E-state index contributed by atoms with van der Waals surface area (Å²) in [5, 5.41) is 14.9. The summed E-state index contributed by atoms with van der Waals surface area (Å²) in [6.07, 6.45) is 4.41. The van der Waals surface area contributed by atoms with Gasteiger partial charge in [0.1, 0.15) is 0 Å². The Balaban J connectivity index is 1.33. The zero-order valence-electron chi connectivity index (χ0n) is 17.2. The van der Waals surface area contributed by atoms with E-state index >= 15 is 0 Å². The number of carboxylic acids is 1. The predicted octanol–water partition coefficient (Wildman–Crippen LogP) is 2.94. The second-order valence-electron chi connectivity index (χ2n) is 7.96. The highest BCUT2D eigenvalue weighted by Gasteiger charge is 2.29. The molecule has 0 spiro atoms. The maximum atomic E-state index is 12.6. The number of nitrogens with one attached hydrogen (secondary N) is 1. The topological polar surface area (TPSA) is 75.7 Å². The molecule has 7 heteroatoms. The van der Waals surface area contributed by atoms with Crippen LogP contribution >= 0.6 is 11.6 Å². The van der Waals surface area contributed by atoms with Crippen molar-refractivity contribution in [2.75, 3.05) is 41.3 Å². The lowest BCUT2D eigenvalue weighted by atomic mass is 9.82. The van der Waals surface area contributed by atoms with Crippen LogP contribution in [0.5, 0.6) is 0 Å². The second kappa shape index (κ2) is 9.43. The Morgan fingerprint density at radius 2 is 1.29 bits per heavy atom. The SMILES string of the molecule is O=C([O-])C1CC=CCC1C(=O)Nc1ccc(N2CCN(c3ccc(Cl)cc3)CC2)cc1. The van der Waals surface area contributed by atoms with E-state index in [1.54, 1.807) is 6.08 Å². The number of carbonyl (C=O) groups excluding carboxylic acids is 2. The normalized spacial score (nSPS) is 21.1. The van der Waals surface area contributed by atoms with Crippen LogP contribution in [0.2, 0.25) is 5.02 Å². The molecular formula is C24H25ClN3O3-. The molecule has 1 N–H and O–H groups in total. The predicted molar refractivity (Wildman–Crippen MR) is 121 cm³/mol. The van der Waals surface area contributed by atoms with Crippen LogP contribution < -0.4 is 20.2 Å². The van der Waals surface area contributed by atoms with Gasteiger partial charge in [-0.25, -0.2) is 0 Å². The van der Waals surface area contributed by atoms with E-state index in [0.717, 1.165) is 36.9 Å². The van der Waals surface area contributed by atoms with E-state index in [0.29, 0.717) is 18.5 Å². The third-order valence-electron chi connectivity index (χ3n) is 6.04. The van der Waals surface area contributed by atoms with Crippen LogP contribution in [0, 0.1) is 11.8 Å². The third kappa shape index (κ3) is 5.02. The molecular weight excluding hydrogens is 414 g/mol. The number of hydrogen-bond donors (Lipinski definition) is 1. The van der Waals surface area contributed by atoms with Crippen LogP contribution in [0.3, 0.4) is 0 Å². The highest BCUT2D eigenvalue weighted by molar-refractivity contribution is 6.30. The number of aliphatic carboxylic acids is 1. The van der Waals surface area contributed by atoms with Gasteiger partial charge in [-0.15, -0.1) is 0 Å². The number of anilines is 3. The number of halogens is 1. The fraction of sp³-hybridized carbons (Fsp3) is 0.333. The number of carboxylic acid groups (broad SMARTS) is 1. The smallest absolute Gasteiger partial charge is 0.228 e. The number of hydrogen-bond acceptors (Lipinski definition) is 5. The zero-order valence-corrected chi connectivity index (χ0v) is 17.9. The van der Waals surface area contributed by atoms with Gasteiger partial charge in [0.15, 0.2) is 0 Å². The lowest BCUT2D eigenvalue weighted by Crippen LogP contribution is -2.46. The molecule has 6 nitrogen and oxygen atoms in total. The molecule has 1 saturated heterocycles. The second-order valence-corrected chi connectivity index (χ2v) is 8.40. The molecule has 1 aliphatic carbocycles. The van der Waals surface area contributed by atoms with Crippen molar-refractivity contribution in [1.29, 1.82) is 0 Å². The number of amides is 1. The first-order valence-corrected chi connectivity index (χ1v) is 10.9. The van der Waals surface area contributed by atoms with Crippen molar-refractivity contribution in [2.45, 2.75) is 12.8 Å². The molecule has 31 heavy (non-hydrogen) atoms. The maximum Gasteiger partial charge on any atom is 0.228 e. The number of allylic oxidation sites excluding steroid dienone is 2. The van der Waals surface area contributed by atoms with Crippen molar-refractivity contribution in [2.24, 2.45) is 11.8 Å². The molecule has 4 rings (SSSR count). The Morgan fingerprint density at radius 1 is 0.806 bits per heavy atom. The van der Waals surface area contributed by atoms with E-state index in [9.17, 15) is 14.7 Å². The lowest BCUT2D eigenvalue weighted by Gasteiger charge is -2.37. The van der Waals surface area contributed by atoms with Gasteiger partial charge in [0.05, 0.1) is 5.92 Å². The molecule has 2 aromatic rings. The largest absolute Gasteiger partial charge is 0.550 e. The number of piperazine rings is 1. The molecule has 2 unspecified atom stereocenters. The summed E-state index contributed by atoms with van der Waals surface area (Å²) in [5.74, 6) is -2.82. The van der Waals surface area contributed by atoms with Crippen molar-refractivity contribution in [3.05, 3.63) is 65.7 Å². The molecule has 1 heterocycles. The van der Waals surface area contributed by atoms with E-state index in [4.69, 9.17) is 11.6 Å². The minimum atomic E-state index is -1.17. The monoisotopic (exact) mass is 438 g/mol. The first kappa shape index (κ1) is 21.2. The van der Waals surface area contributed by atoms with E-state index in [-0.39, 0.29) is 5.91 Å². The van der Waals surface area contributed by atoms with Crippen LogP contribution in [-0.2, 0) is 9.59 Å². The van der Waals surface area contributed by atoms with Crippen molar-refractivity contribution in [3.8, 4) is 0 Å².